The van der Waals surface area contributed by atoms with E-state index in [0.717, 1.165) is 6.26 Å². The molecular weight excluding hydrogens is 485 g/mol. The molecule has 0 amide bonds. The van der Waals surface area contributed by atoms with E-state index < -0.39 is 27.5 Å². The zero-order chi connectivity index (χ0) is 25.4. The Balaban J connectivity index is 1.64. The predicted molar refractivity (Wildman–Crippen MR) is 120 cm³/mol. The molecule has 1 fully saturated rings. The molecule has 4 heterocycles. The number of piperidine rings is 1. The van der Waals surface area contributed by atoms with Crippen molar-refractivity contribution in [3.8, 4) is 23.1 Å². The minimum Gasteiger partial charge on any atom is -0.351 e. The highest BCUT2D eigenvalue weighted by atomic mass is 32.2. The molecule has 35 heavy (non-hydrogen) atoms. The standard InChI is InChI=1S/C21H21F3N8O2S/c1-13-3-4-18(16(9-25)28-13)31-11-17(27-12-31)19-15(21(22,23)24)10-26-20(30-19)29-14-5-7-32(8-6-14)35(2,33)34/h3-4,10-12,14H,5-8H2,1-2H3,(H,26,29,30). The van der Waals surface area contributed by atoms with Crippen LogP contribution in [0.15, 0.2) is 30.9 Å². The highest BCUT2D eigenvalue weighted by molar-refractivity contribution is 7.88. The number of halogens is 3. The molecule has 1 N–H and O–H groups in total. The summed E-state index contributed by atoms with van der Waals surface area (Å²) in [6.07, 6.45) is 0.665. The molecule has 0 unspecified atom stereocenters. The molecule has 3 aromatic heterocycles. The van der Waals surface area contributed by atoms with Gasteiger partial charge in [-0.25, -0.2) is 32.7 Å². The zero-order valence-electron chi connectivity index (χ0n) is 18.8. The number of alkyl halides is 3. The Morgan fingerprint density at radius 3 is 2.51 bits per heavy atom. The third-order valence-electron chi connectivity index (χ3n) is 5.57. The minimum atomic E-state index is -4.72. The van der Waals surface area contributed by atoms with Crippen molar-refractivity contribution in [2.75, 3.05) is 24.7 Å². The molecule has 0 aromatic carbocycles. The summed E-state index contributed by atoms with van der Waals surface area (Å²) in [5, 5.41) is 12.4. The van der Waals surface area contributed by atoms with Crippen LogP contribution in [-0.4, -0.2) is 62.6 Å². The molecular formula is C21H21F3N8O2S. The molecule has 3 aromatic rings. The van der Waals surface area contributed by atoms with Crippen LogP contribution >= 0.6 is 0 Å². The van der Waals surface area contributed by atoms with E-state index in [9.17, 15) is 26.9 Å². The van der Waals surface area contributed by atoms with Gasteiger partial charge in [0, 0.05) is 37.2 Å². The molecule has 184 valence electrons. The monoisotopic (exact) mass is 506 g/mol. The van der Waals surface area contributed by atoms with Crippen LogP contribution in [0.5, 0.6) is 0 Å². The molecule has 1 aliphatic heterocycles. The summed E-state index contributed by atoms with van der Waals surface area (Å²) in [6.45, 7) is 2.31. The van der Waals surface area contributed by atoms with E-state index >= 15 is 0 Å². The molecule has 10 nitrogen and oxygen atoms in total. The Kier molecular flexibility index (Phi) is 6.48. The van der Waals surface area contributed by atoms with Gasteiger partial charge in [-0.05, 0) is 31.9 Å². The van der Waals surface area contributed by atoms with Crippen LogP contribution in [0.4, 0.5) is 19.1 Å². The smallest absolute Gasteiger partial charge is 0.351 e. The van der Waals surface area contributed by atoms with Crippen LogP contribution in [0.1, 0.15) is 29.8 Å². The van der Waals surface area contributed by atoms with Crippen LogP contribution in [0.25, 0.3) is 17.1 Å². The number of sulfonamides is 1. The number of pyridine rings is 1. The number of aromatic nitrogens is 5. The van der Waals surface area contributed by atoms with E-state index in [1.165, 1.54) is 21.4 Å². The van der Waals surface area contributed by atoms with Crippen molar-refractivity contribution in [2.24, 2.45) is 0 Å². The molecule has 0 bridgehead atoms. The minimum absolute atomic E-state index is 0.0185. The van der Waals surface area contributed by atoms with E-state index in [1.807, 2.05) is 6.07 Å². The number of nitrogens with one attached hydrogen (secondary N) is 1. The fraction of sp³-hybridized carbons (Fsp3) is 0.381. The Morgan fingerprint density at radius 1 is 1.17 bits per heavy atom. The fourth-order valence-electron chi connectivity index (χ4n) is 3.79. The van der Waals surface area contributed by atoms with E-state index in [-0.39, 0.29) is 23.4 Å². The number of hydrogen-bond donors (Lipinski definition) is 1. The SMILES string of the molecule is Cc1ccc(-n2cnc(-c3nc(NC4CCN(S(C)(=O)=O)CC4)ncc3C(F)(F)F)c2)c(C#N)n1. The number of anilines is 1. The van der Waals surface area contributed by atoms with Gasteiger partial charge in [0.25, 0.3) is 0 Å². The zero-order valence-corrected chi connectivity index (χ0v) is 19.6. The molecule has 14 heteroatoms. The first-order chi connectivity index (χ1) is 16.5. The van der Waals surface area contributed by atoms with Crippen molar-refractivity contribution in [1.82, 2.24) is 28.8 Å². The maximum absolute atomic E-state index is 13.7. The van der Waals surface area contributed by atoms with Crippen LogP contribution in [0.2, 0.25) is 0 Å². The fourth-order valence-corrected chi connectivity index (χ4v) is 4.66. The average molecular weight is 507 g/mol. The lowest BCUT2D eigenvalue weighted by Crippen LogP contribution is -2.42. The lowest BCUT2D eigenvalue weighted by Gasteiger charge is -2.30. The van der Waals surface area contributed by atoms with Gasteiger partial charge in [0.1, 0.15) is 29.3 Å². The van der Waals surface area contributed by atoms with Crippen molar-refractivity contribution < 1.29 is 21.6 Å². The summed E-state index contributed by atoms with van der Waals surface area (Å²) < 4.78 is 67.3. The number of aryl methyl sites for hydroxylation is 1. The van der Waals surface area contributed by atoms with Crippen molar-refractivity contribution in [1.29, 1.82) is 5.26 Å². The molecule has 1 saturated heterocycles. The van der Waals surface area contributed by atoms with Gasteiger partial charge in [-0.1, -0.05) is 0 Å². The van der Waals surface area contributed by atoms with Crippen molar-refractivity contribution in [3.05, 3.63) is 47.8 Å². The highest BCUT2D eigenvalue weighted by Gasteiger charge is 2.36. The molecule has 0 radical (unpaired) electrons. The Morgan fingerprint density at radius 2 is 1.89 bits per heavy atom. The van der Waals surface area contributed by atoms with Gasteiger partial charge in [-0.15, -0.1) is 0 Å². The first-order valence-electron chi connectivity index (χ1n) is 10.5. The maximum Gasteiger partial charge on any atom is 0.420 e. The lowest BCUT2D eigenvalue weighted by molar-refractivity contribution is -0.137. The van der Waals surface area contributed by atoms with Gasteiger partial charge in [0.2, 0.25) is 16.0 Å². The van der Waals surface area contributed by atoms with Gasteiger partial charge in [-0.3, -0.25) is 0 Å². The van der Waals surface area contributed by atoms with Crippen LogP contribution in [0, 0.1) is 18.3 Å². The number of nitrogens with zero attached hydrogens (tertiary/aromatic N) is 7. The summed E-state index contributed by atoms with van der Waals surface area (Å²) in [7, 11) is -3.30. The first-order valence-corrected chi connectivity index (χ1v) is 12.4. The second kappa shape index (κ2) is 9.23. The molecule has 0 spiro atoms. The first kappa shape index (κ1) is 24.6. The number of hydrogen-bond acceptors (Lipinski definition) is 8. The number of nitriles is 1. The second-order valence-electron chi connectivity index (χ2n) is 8.13. The number of imidazole rings is 1. The van der Waals surface area contributed by atoms with Crippen molar-refractivity contribution in [2.45, 2.75) is 32.0 Å². The van der Waals surface area contributed by atoms with Crippen LogP contribution in [0.3, 0.4) is 0 Å². The van der Waals surface area contributed by atoms with Crippen LogP contribution in [-0.2, 0) is 16.2 Å². The Labute approximate surface area is 199 Å². The van der Waals surface area contributed by atoms with E-state index in [2.05, 4.69) is 25.3 Å². The van der Waals surface area contributed by atoms with Crippen LogP contribution < -0.4 is 5.32 Å². The second-order valence-corrected chi connectivity index (χ2v) is 10.1. The molecule has 1 aliphatic rings. The normalized spacial score (nSPS) is 15.7. The Hall–Kier alpha value is -3.57. The van der Waals surface area contributed by atoms with Gasteiger partial charge in [-0.2, -0.15) is 18.4 Å². The average Bonchev–Trinajstić information content (AvgIpc) is 3.28. The topological polar surface area (TPSA) is 130 Å². The largest absolute Gasteiger partial charge is 0.420 e. The summed E-state index contributed by atoms with van der Waals surface area (Å²) in [4.78, 5) is 16.2. The Bertz CT molecular complexity index is 1390. The maximum atomic E-state index is 13.7. The third-order valence-corrected chi connectivity index (χ3v) is 6.88. The summed E-state index contributed by atoms with van der Waals surface area (Å²) >= 11 is 0. The predicted octanol–water partition coefficient (Wildman–Crippen LogP) is 2.76. The summed E-state index contributed by atoms with van der Waals surface area (Å²) in [5.74, 6) is -0.0185. The van der Waals surface area contributed by atoms with Gasteiger partial charge in [0.15, 0.2) is 5.69 Å². The summed E-state index contributed by atoms with van der Waals surface area (Å²) in [5.41, 5.74) is -0.424. The van der Waals surface area contributed by atoms with E-state index in [0.29, 0.717) is 43.5 Å². The molecule has 0 saturated carbocycles. The molecule has 0 atom stereocenters. The van der Waals surface area contributed by atoms with E-state index in [4.69, 9.17) is 0 Å². The van der Waals surface area contributed by atoms with Gasteiger partial charge < -0.3 is 9.88 Å². The quantitative estimate of drug-likeness (QED) is 0.559. The van der Waals surface area contributed by atoms with Crippen molar-refractivity contribution >= 4 is 16.0 Å². The summed E-state index contributed by atoms with van der Waals surface area (Å²) in [6, 6.07) is 5.08. The lowest BCUT2D eigenvalue weighted by atomic mass is 10.1. The molecule has 4 rings (SSSR count). The number of rotatable bonds is 5. The van der Waals surface area contributed by atoms with Gasteiger partial charge in [0.05, 0.1) is 11.9 Å². The highest BCUT2D eigenvalue weighted by Crippen LogP contribution is 2.36. The van der Waals surface area contributed by atoms with Crippen molar-refractivity contribution in [3.63, 3.8) is 0 Å². The van der Waals surface area contributed by atoms with E-state index in [1.54, 1.807) is 19.1 Å². The third kappa shape index (κ3) is 5.41. The van der Waals surface area contributed by atoms with Gasteiger partial charge >= 0.3 is 6.18 Å². The molecule has 0 aliphatic carbocycles.